The number of aliphatic hydroxyl groups excluding tert-OH is 1. The first kappa shape index (κ1) is 24.7. The number of nitrogens with zero attached hydrogens (tertiary/aromatic N) is 2. The van der Waals surface area contributed by atoms with Crippen LogP contribution in [-0.4, -0.2) is 33.9 Å². The normalized spacial score (nSPS) is 16.9. The Bertz CT molecular complexity index is 1450. The van der Waals surface area contributed by atoms with Gasteiger partial charge in [0.1, 0.15) is 17.3 Å². The van der Waals surface area contributed by atoms with Gasteiger partial charge in [-0.15, -0.1) is 0 Å². The monoisotopic (exact) mass is 512 g/mol. The molecule has 4 rings (SSSR count). The van der Waals surface area contributed by atoms with Crippen LogP contribution in [0, 0.1) is 22.9 Å². The molecule has 36 heavy (non-hydrogen) atoms. The first-order valence-electron chi connectivity index (χ1n) is 10.4. The van der Waals surface area contributed by atoms with Crippen molar-refractivity contribution in [2.45, 2.75) is 13.0 Å². The minimum Gasteiger partial charge on any atom is -0.507 e. The van der Waals surface area contributed by atoms with Gasteiger partial charge in [0.25, 0.3) is 11.7 Å². The summed E-state index contributed by atoms with van der Waals surface area (Å²) in [4.78, 5) is 38.1. The van der Waals surface area contributed by atoms with Crippen LogP contribution in [0.4, 0.5) is 15.8 Å². The number of phenols is 1. The molecule has 0 saturated carbocycles. The van der Waals surface area contributed by atoms with E-state index in [0.717, 1.165) is 29.2 Å². The number of nitro groups is 1. The zero-order valence-corrected chi connectivity index (χ0v) is 19.6. The number of amides is 1. The highest BCUT2D eigenvalue weighted by molar-refractivity contribution is 6.51. The van der Waals surface area contributed by atoms with Crippen molar-refractivity contribution in [1.29, 1.82) is 0 Å². The Morgan fingerprint density at radius 2 is 1.81 bits per heavy atom. The van der Waals surface area contributed by atoms with E-state index in [0.29, 0.717) is 5.56 Å². The van der Waals surface area contributed by atoms with E-state index in [1.807, 2.05) is 0 Å². The van der Waals surface area contributed by atoms with Gasteiger partial charge in [-0.3, -0.25) is 24.6 Å². The summed E-state index contributed by atoms with van der Waals surface area (Å²) in [6, 6.07) is 9.71. The third-order valence-electron chi connectivity index (χ3n) is 5.71. The molecular formula is C25H18ClFN2O7. The molecule has 1 aliphatic rings. The van der Waals surface area contributed by atoms with Gasteiger partial charge in [0.05, 0.1) is 34.2 Å². The van der Waals surface area contributed by atoms with E-state index in [1.54, 1.807) is 13.0 Å². The number of rotatable bonds is 5. The van der Waals surface area contributed by atoms with Crippen molar-refractivity contribution in [2.75, 3.05) is 12.0 Å². The second-order valence-corrected chi connectivity index (χ2v) is 8.39. The number of ether oxygens (including phenoxy) is 1. The lowest BCUT2D eigenvalue weighted by molar-refractivity contribution is -0.385. The zero-order valence-electron chi connectivity index (χ0n) is 18.9. The Hall–Kier alpha value is -4.44. The average Bonchev–Trinajstić information content (AvgIpc) is 3.09. The summed E-state index contributed by atoms with van der Waals surface area (Å²) in [7, 11) is 1.31. The van der Waals surface area contributed by atoms with Crippen molar-refractivity contribution in [3.05, 3.63) is 97.8 Å². The summed E-state index contributed by atoms with van der Waals surface area (Å²) in [6.45, 7) is 1.69. The van der Waals surface area contributed by atoms with E-state index in [1.165, 1.54) is 31.4 Å². The van der Waals surface area contributed by atoms with Gasteiger partial charge in [-0.05, 0) is 60.5 Å². The number of phenolic OH excluding ortho intramolecular Hbond substituents is 1. The Morgan fingerprint density at radius 1 is 1.14 bits per heavy atom. The van der Waals surface area contributed by atoms with Gasteiger partial charge in [-0.2, -0.15) is 0 Å². The van der Waals surface area contributed by atoms with Gasteiger partial charge >= 0.3 is 5.69 Å². The largest absolute Gasteiger partial charge is 0.507 e. The maximum Gasteiger partial charge on any atom is 0.311 e. The summed E-state index contributed by atoms with van der Waals surface area (Å²) in [5, 5.41) is 32.9. The molecule has 11 heteroatoms. The number of Topliss-reactive ketones (excluding diaryl/α,β-unsaturated/α-hetero) is 1. The van der Waals surface area contributed by atoms with Crippen molar-refractivity contribution in [2.24, 2.45) is 0 Å². The second kappa shape index (κ2) is 9.31. The van der Waals surface area contributed by atoms with Crippen LogP contribution in [0.3, 0.4) is 0 Å². The third kappa shape index (κ3) is 4.11. The fourth-order valence-corrected chi connectivity index (χ4v) is 4.48. The Labute approximate surface area is 208 Å². The minimum atomic E-state index is -1.36. The van der Waals surface area contributed by atoms with Crippen molar-refractivity contribution >= 4 is 40.4 Å². The molecule has 1 unspecified atom stereocenters. The molecule has 1 aliphatic heterocycles. The molecule has 0 radical (unpaired) electrons. The van der Waals surface area contributed by atoms with E-state index in [2.05, 4.69) is 0 Å². The molecule has 1 heterocycles. The van der Waals surface area contributed by atoms with E-state index in [9.17, 15) is 34.3 Å². The summed E-state index contributed by atoms with van der Waals surface area (Å²) in [5.74, 6) is -3.94. The number of hydrogen-bond acceptors (Lipinski definition) is 7. The van der Waals surface area contributed by atoms with Gasteiger partial charge in [-0.1, -0.05) is 17.7 Å². The van der Waals surface area contributed by atoms with Crippen LogP contribution in [-0.2, 0) is 9.59 Å². The summed E-state index contributed by atoms with van der Waals surface area (Å²) >= 11 is 6.26. The van der Waals surface area contributed by atoms with E-state index in [4.69, 9.17) is 16.3 Å². The molecule has 3 aromatic carbocycles. The van der Waals surface area contributed by atoms with Gasteiger partial charge in [0.15, 0.2) is 5.75 Å². The zero-order chi connectivity index (χ0) is 26.3. The van der Waals surface area contributed by atoms with Crippen LogP contribution < -0.4 is 9.64 Å². The standard InChI is InChI=1S/C25H18ClFN2O7/c1-12-9-16(24(36-2)17(26)10-12)22(31)20-21(13-3-8-19(30)18(11-13)29(34)35)28(25(33)23(20)32)15-6-4-14(27)5-7-15/h3-11,21,30-31H,1-2H3/b22-20+. The van der Waals surface area contributed by atoms with Crippen molar-refractivity contribution in [3.63, 3.8) is 0 Å². The fourth-order valence-electron chi connectivity index (χ4n) is 4.13. The number of carbonyl (C=O) groups is 2. The molecule has 3 aromatic rings. The van der Waals surface area contributed by atoms with Crippen molar-refractivity contribution in [3.8, 4) is 11.5 Å². The lowest BCUT2D eigenvalue weighted by Crippen LogP contribution is -2.29. The summed E-state index contributed by atoms with van der Waals surface area (Å²) in [6.07, 6.45) is 0. The number of benzene rings is 3. The predicted molar refractivity (Wildman–Crippen MR) is 129 cm³/mol. The van der Waals surface area contributed by atoms with Crippen molar-refractivity contribution in [1.82, 2.24) is 0 Å². The number of carbonyl (C=O) groups excluding carboxylic acids is 2. The van der Waals surface area contributed by atoms with Crippen LogP contribution in [0.5, 0.6) is 11.5 Å². The predicted octanol–water partition coefficient (Wildman–Crippen LogP) is 5.04. The fraction of sp³-hybridized carbons (Fsp3) is 0.120. The number of anilines is 1. The highest BCUT2D eigenvalue weighted by Gasteiger charge is 2.47. The highest BCUT2D eigenvalue weighted by atomic mass is 35.5. The summed E-state index contributed by atoms with van der Waals surface area (Å²) < 4.78 is 18.9. The quantitative estimate of drug-likeness (QED) is 0.161. The number of ketones is 1. The van der Waals surface area contributed by atoms with Crippen LogP contribution in [0.25, 0.3) is 5.76 Å². The van der Waals surface area contributed by atoms with Gasteiger partial charge < -0.3 is 14.9 Å². The van der Waals surface area contributed by atoms with Gasteiger partial charge in [0, 0.05) is 11.8 Å². The molecule has 1 fully saturated rings. The Kier molecular flexibility index (Phi) is 6.38. The maximum absolute atomic E-state index is 13.6. The van der Waals surface area contributed by atoms with Crippen molar-refractivity contribution < 1.29 is 33.9 Å². The smallest absolute Gasteiger partial charge is 0.311 e. The molecule has 0 bridgehead atoms. The van der Waals surface area contributed by atoms with E-state index >= 15 is 0 Å². The molecule has 1 atom stereocenters. The number of hydrogen-bond donors (Lipinski definition) is 2. The van der Waals surface area contributed by atoms with Crippen LogP contribution in [0.1, 0.15) is 22.7 Å². The minimum absolute atomic E-state index is 0.0258. The number of aromatic hydroxyl groups is 1. The van der Waals surface area contributed by atoms with Gasteiger partial charge in [-0.25, -0.2) is 4.39 Å². The average molecular weight is 513 g/mol. The third-order valence-corrected chi connectivity index (χ3v) is 5.99. The molecule has 0 aliphatic carbocycles. The van der Waals surface area contributed by atoms with E-state index < -0.39 is 51.2 Å². The van der Waals surface area contributed by atoms with Crippen LogP contribution in [0.15, 0.2) is 60.2 Å². The van der Waals surface area contributed by atoms with Crippen LogP contribution in [0.2, 0.25) is 5.02 Å². The molecular weight excluding hydrogens is 495 g/mol. The second-order valence-electron chi connectivity index (χ2n) is 7.98. The molecule has 1 saturated heterocycles. The molecule has 0 spiro atoms. The molecule has 0 aromatic heterocycles. The summed E-state index contributed by atoms with van der Waals surface area (Å²) in [5.41, 5.74) is -0.280. The number of halogens is 2. The SMILES string of the molecule is COc1c(Cl)cc(C)cc1/C(O)=C1\C(=O)C(=O)N(c2ccc(F)cc2)C1c1ccc(O)c([N+](=O)[O-])c1. The lowest BCUT2D eigenvalue weighted by atomic mass is 9.94. The number of methoxy groups -OCH3 is 1. The first-order chi connectivity index (χ1) is 17.0. The molecule has 184 valence electrons. The van der Waals surface area contributed by atoms with Gasteiger partial charge in [0.2, 0.25) is 0 Å². The lowest BCUT2D eigenvalue weighted by Gasteiger charge is -2.25. The number of nitro benzene ring substituents is 1. The number of aliphatic hydroxyl groups is 1. The molecule has 2 N–H and O–H groups in total. The molecule has 9 nitrogen and oxygen atoms in total. The maximum atomic E-state index is 13.6. The Balaban J connectivity index is 2.04. The first-order valence-corrected chi connectivity index (χ1v) is 10.8. The highest BCUT2D eigenvalue weighted by Crippen LogP contribution is 2.45. The van der Waals surface area contributed by atoms with Crippen LogP contribution >= 0.6 is 11.6 Å². The Morgan fingerprint density at radius 3 is 2.42 bits per heavy atom. The number of aryl methyl sites for hydroxylation is 1. The topological polar surface area (TPSA) is 130 Å². The van der Waals surface area contributed by atoms with E-state index in [-0.39, 0.29) is 27.6 Å². The molecule has 1 amide bonds.